The van der Waals surface area contributed by atoms with Gasteiger partial charge in [0.25, 0.3) is 0 Å². The van der Waals surface area contributed by atoms with Crippen LogP contribution in [0.3, 0.4) is 0 Å². The molecule has 2 aromatic carbocycles. The summed E-state index contributed by atoms with van der Waals surface area (Å²) < 4.78 is 33.2. The third-order valence-corrected chi connectivity index (χ3v) is 6.43. The highest BCUT2D eigenvalue weighted by Crippen LogP contribution is 2.22. The molecule has 0 aromatic heterocycles. The monoisotopic (exact) mass is 417 g/mol. The van der Waals surface area contributed by atoms with Gasteiger partial charge >= 0.3 is 6.09 Å². The van der Waals surface area contributed by atoms with Crippen LogP contribution in [0.2, 0.25) is 0 Å². The van der Waals surface area contributed by atoms with Crippen LogP contribution in [0.4, 0.5) is 4.79 Å². The first-order chi connectivity index (χ1) is 14.0. The molecule has 8 heteroatoms. The zero-order valence-electron chi connectivity index (χ0n) is 16.5. The summed E-state index contributed by atoms with van der Waals surface area (Å²) >= 11 is 0. The van der Waals surface area contributed by atoms with Crippen molar-refractivity contribution in [3.63, 3.8) is 0 Å². The van der Waals surface area contributed by atoms with Gasteiger partial charge < -0.3 is 9.64 Å². The molecule has 156 valence electrons. The summed E-state index contributed by atoms with van der Waals surface area (Å²) in [6.45, 7) is 4.78. The quantitative estimate of drug-likeness (QED) is 0.749. The van der Waals surface area contributed by atoms with Crippen molar-refractivity contribution in [2.45, 2.75) is 17.9 Å². The van der Waals surface area contributed by atoms with E-state index in [1.807, 2.05) is 30.3 Å². The van der Waals surface area contributed by atoms with E-state index in [1.54, 1.807) is 42.2 Å². The molecule has 29 heavy (non-hydrogen) atoms. The number of piperazine rings is 1. The minimum atomic E-state index is -3.59. The molecule has 0 unspecified atom stereocenters. The zero-order valence-corrected chi connectivity index (χ0v) is 17.3. The fourth-order valence-electron chi connectivity index (χ4n) is 3.44. The summed E-state index contributed by atoms with van der Waals surface area (Å²) in [6.07, 6.45) is -0.298. The Morgan fingerprint density at radius 1 is 1.00 bits per heavy atom. The van der Waals surface area contributed by atoms with Gasteiger partial charge in [-0.05, 0) is 24.6 Å². The molecule has 0 aliphatic carbocycles. The molecule has 1 amide bonds. The molecule has 3 rings (SSSR count). The van der Waals surface area contributed by atoms with Gasteiger partial charge in [0, 0.05) is 38.8 Å². The van der Waals surface area contributed by atoms with Crippen LogP contribution in [-0.4, -0.2) is 63.6 Å². The molecule has 0 radical (unpaired) electrons. The second-order valence-electron chi connectivity index (χ2n) is 6.81. The summed E-state index contributed by atoms with van der Waals surface area (Å²) in [4.78, 5) is 16.1. The van der Waals surface area contributed by atoms with E-state index in [-0.39, 0.29) is 23.6 Å². The minimum Gasteiger partial charge on any atom is -0.450 e. The van der Waals surface area contributed by atoms with Crippen LogP contribution in [0.5, 0.6) is 0 Å². The van der Waals surface area contributed by atoms with Crippen molar-refractivity contribution in [1.82, 2.24) is 14.5 Å². The molecule has 1 heterocycles. The van der Waals surface area contributed by atoms with Gasteiger partial charge in [-0.3, -0.25) is 4.90 Å². The summed E-state index contributed by atoms with van der Waals surface area (Å²) in [5.74, 6) is 0. The van der Waals surface area contributed by atoms with E-state index >= 15 is 0 Å². The average molecular weight is 418 g/mol. The van der Waals surface area contributed by atoms with Crippen molar-refractivity contribution in [2.24, 2.45) is 0 Å². The number of nitrogens with one attached hydrogen (secondary N) is 1. The molecule has 7 nitrogen and oxygen atoms in total. The summed E-state index contributed by atoms with van der Waals surface area (Å²) in [5, 5.41) is 0. The average Bonchev–Trinajstić information content (AvgIpc) is 2.76. The largest absolute Gasteiger partial charge is 0.450 e. The lowest BCUT2D eigenvalue weighted by atomic mass is 10.0. The van der Waals surface area contributed by atoms with Crippen LogP contribution >= 0.6 is 0 Å². The highest BCUT2D eigenvalue weighted by Gasteiger charge is 2.28. The topological polar surface area (TPSA) is 79.0 Å². The number of sulfonamides is 1. The lowest BCUT2D eigenvalue weighted by Gasteiger charge is -2.39. The van der Waals surface area contributed by atoms with Gasteiger partial charge in [0.05, 0.1) is 11.5 Å². The van der Waals surface area contributed by atoms with Gasteiger partial charge in [-0.2, -0.15) is 0 Å². The Morgan fingerprint density at radius 2 is 1.59 bits per heavy atom. The van der Waals surface area contributed by atoms with E-state index in [9.17, 15) is 13.2 Å². The highest BCUT2D eigenvalue weighted by atomic mass is 32.2. The van der Waals surface area contributed by atoms with Crippen molar-refractivity contribution in [3.05, 3.63) is 66.2 Å². The summed E-state index contributed by atoms with van der Waals surface area (Å²) in [5.41, 5.74) is 1.04. The van der Waals surface area contributed by atoms with E-state index in [0.29, 0.717) is 32.8 Å². The van der Waals surface area contributed by atoms with Crippen LogP contribution in [0, 0.1) is 0 Å². The third kappa shape index (κ3) is 5.56. The van der Waals surface area contributed by atoms with E-state index < -0.39 is 10.0 Å². The molecular formula is C21H27N3O4S. The maximum atomic E-state index is 12.7. The fourth-order valence-corrected chi connectivity index (χ4v) is 4.49. The second kappa shape index (κ2) is 9.87. The predicted octanol–water partition coefficient (Wildman–Crippen LogP) is 2.48. The molecular weight excluding hydrogens is 390 g/mol. The first-order valence-corrected chi connectivity index (χ1v) is 11.2. The number of carbonyl (C=O) groups excluding carboxylic acids is 1. The Balaban J connectivity index is 1.71. The van der Waals surface area contributed by atoms with Crippen LogP contribution < -0.4 is 4.72 Å². The second-order valence-corrected chi connectivity index (χ2v) is 8.58. The SMILES string of the molecule is CCOC(=O)N1CCN([C@@H](CNS(=O)(=O)c2ccccc2)c2ccccc2)CC1. The Kier molecular flexibility index (Phi) is 7.24. The number of carbonyl (C=O) groups is 1. The van der Waals surface area contributed by atoms with Crippen molar-refractivity contribution in [3.8, 4) is 0 Å². The standard InChI is InChI=1S/C21H27N3O4S/c1-2-28-21(25)24-15-13-23(14-16-24)20(18-9-5-3-6-10-18)17-22-29(26,27)19-11-7-4-8-12-19/h3-12,20,22H,2,13-17H2,1H3/t20-/m0/s1. The summed E-state index contributed by atoms with van der Waals surface area (Å²) in [7, 11) is -3.59. The van der Waals surface area contributed by atoms with Gasteiger partial charge in [0.2, 0.25) is 10.0 Å². The van der Waals surface area contributed by atoms with Crippen molar-refractivity contribution in [2.75, 3.05) is 39.3 Å². The maximum absolute atomic E-state index is 12.7. The Labute approximate surface area is 172 Å². The van der Waals surface area contributed by atoms with Gasteiger partial charge in [-0.15, -0.1) is 0 Å². The Hall–Kier alpha value is -2.42. The molecule has 1 aliphatic rings. The normalized spacial score (nSPS) is 16.4. The molecule has 1 fully saturated rings. The predicted molar refractivity (Wildman–Crippen MR) is 111 cm³/mol. The molecule has 1 aliphatic heterocycles. The molecule has 1 N–H and O–H groups in total. The number of amides is 1. The van der Waals surface area contributed by atoms with E-state index in [2.05, 4.69) is 9.62 Å². The maximum Gasteiger partial charge on any atom is 0.409 e. The summed E-state index contributed by atoms with van der Waals surface area (Å²) in [6, 6.07) is 18.1. The highest BCUT2D eigenvalue weighted by molar-refractivity contribution is 7.89. The molecule has 1 saturated heterocycles. The molecule has 0 spiro atoms. The smallest absolute Gasteiger partial charge is 0.409 e. The lowest BCUT2D eigenvalue weighted by Crippen LogP contribution is -2.51. The fraction of sp³-hybridized carbons (Fsp3) is 0.381. The van der Waals surface area contributed by atoms with Gasteiger partial charge in [-0.25, -0.2) is 17.9 Å². The van der Waals surface area contributed by atoms with Crippen molar-refractivity contribution in [1.29, 1.82) is 0 Å². The van der Waals surface area contributed by atoms with Crippen molar-refractivity contribution < 1.29 is 17.9 Å². The number of benzene rings is 2. The Morgan fingerprint density at radius 3 is 2.17 bits per heavy atom. The number of hydrogen-bond acceptors (Lipinski definition) is 5. The van der Waals surface area contributed by atoms with Crippen LogP contribution in [0.1, 0.15) is 18.5 Å². The number of rotatable bonds is 7. The lowest BCUT2D eigenvalue weighted by molar-refractivity contribution is 0.0665. The number of ether oxygens (including phenoxy) is 1. The minimum absolute atomic E-state index is 0.126. The Bertz CT molecular complexity index is 883. The zero-order chi connectivity index (χ0) is 20.7. The molecule has 1 atom stereocenters. The van der Waals surface area contributed by atoms with Crippen molar-refractivity contribution >= 4 is 16.1 Å². The van der Waals surface area contributed by atoms with E-state index in [0.717, 1.165) is 5.56 Å². The molecule has 2 aromatic rings. The van der Waals surface area contributed by atoms with E-state index in [4.69, 9.17) is 4.74 Å². The number of nitrogens with zero attached hydrogens (tertiary/aromatic N) is 2. The first kappa shape index (κ1) is 21.3. The van der Waals surface area contributed by atoms with Gasteiger partial charge in [0.15, 0.2) is 0 Å². The van der Waals surface area contributed by atoms with Crippen LogP contribution in [-0.2, 0) is 14.8 Å². The number of hydrogen-bond donors (Lipinski definition) is 1. The molecule has 0 saturated carbocycles. The van der Waals surface area contributed by atoms with E-state index in [1.165, 1.54) is 0 Å². The van der Waals surface area contributed by atoms with Gasteiger partial charge in [0.1, 0.15) is 0 Å². The van der Waals surface area contributed by atoms with Crippen LogP contribution in [0.15, 0.2) is 65.6 Å². The van der Waals surface area contributed by atoms with Gasteiger partial charge in [-0.1, -0.05) is 48.5 Å². The third-order valence-electron chi connectivity index (χ3n) is 4.99. The van der Waals surface area contributed by atoms with Crippen LogP contribution in [0.25, 0.3) is 0 Å². The first-order valence-electron chi connectivity index (χ1n) is 9.76. The molecule has 0 bridgehead atoms.